The molecule has 0 bridgehead atoms. The number of alkyl halides is 2. The van der Waals surface area contributed by atoms with Gasteiger partial charge in [-0.05, 0) is 12.1 Å². The lowest BCUT2D eigenvalue weighted by molar-refractivity contribution is -0.0493. The summed E-state index contributed by atoms with van der Waals surface area (Å²) in [7, 11) is -2.62. The molecule has 0 aliphatic heterocycles. The number of ether oxygens (including phenoxy) is 2. The molecular formula is C11H11F2N3O4S. The number of benzene rings is 1. The predicted octanol–water partition coefficient (Wildman–Crippen LogP) is 1.82. The largest absolute Gasteiger partial charge is 0.497 e. The monoisotopic (exact) mass is 319 g/mol. The van der Waals surface area contributed by atoms with Gasteiger partial charge in [0.05, 0.1) is 19.0 Å². The van der Waals surface area contributed by atoms with E-state index in [1.807, 2.05) is 0 Å². The average Bonchev–Trinajstić information content (AvgIpc) is 2.94. The Morgan fingerprint density at radius 1 is 1.38 bits per heavy atom. The van der Waals surface area contributed by atoms with Crippen LogP contribution in [0.4, 0.5) is 14.5 Å². The molecule has 114 valence electrons. The highest BCUT2D eigenvalue weighted by Gasteiger charge is 2.19. The van der Waals surface area contributed by atoms with Gasteiger partial charge in [0.15, 0.2) is 0 Å². The minimum atomic E-state index is -3.98. The van der Waals surface area contributed by atoms with Crippen LogP contribution >= 0.6 is 0 Å². The topological polar surface area (TPSA) is 93.3 Å². The van der Waals surface area contributed by atoms with E-state index in [9.17, 15) is 17.2 Å². The van der Waals surface area contributed by atoms with Crippen molar-refractivity contribution in [3.63, 3.8) is 0 Å². The number of nitrogens with zero attached hydrogens (tertiary/aromatic N) is 1. The molecule has 0 aliphatic carbocycles. The fraction of sp³-hybridized carbons (Fsp3) is 0.182. The molecule has 0 unspecified atom stereocenters. The summed E-state index contributed by atoms with van der Waals surface area (Å²) in [5, 5.41) is 5.86. The van der Waals surface area contributed by atoms with Crippen molar-refractivity contribution < 1.29 is 26.7 Å². The molecule has 0 spiro atoms. The van der Waals surface area contributed by atoms with E-state index >= 15 is 0 Å². The summed E-state index contributed by atoms with van der Waals surface area (Å²) in [4.78, 5) is -0.145. The quantitative estimate of drug-likeness (QED) is 0.847. The molecule has 7 nitrogen and oxygen atoms in total. The second kappa shape index (κ2) is 5.95. The molecule has 0 aliphatic rings. The number of H-pyrrole nitrogens is 1. The van der Waals surface area contributed by atoms with Gasteiger partial charge < -0.3 is 9.47 Å². The maximum atomic E-state index is 12.3. The smallest absolute Gasteiger partial charge is 0.387 e. The Labute approximate surface area is 118 Å². The Morgan fingerprint density at radius 3 is 2.71 bits per heavy atom. The minimum Gasteiger partial charge on any atom is -0.497 e. The Balaban J connectivity index is 2.37. The number of hydrogen-bond donors (Lipinski definition) is 2. The summed E-state index contributed by atoms with van der Waals surface area (Å²) >= 11 is 0. The third-order valence-corrected chi connectivity index (χ3v) is 3.76. The van der Waals surface area contributed by atoms with E-state index in [4.69, 9.17) is 4.74 Å². The standard InChI is InChI=1S/C11H11F2N3O4S/c1-19-7-2-3-10(20-11(12)13)9(4-7)16-21(17,18)8-5-14-15-6-8/h2-6,11,16H,1H3,(H,14,15). The number of nitrogens with one attached hydrogen (secondary N) is 2. The lowest BCUT2D eigenvalue weighted by Crippen LogP contribution is -2.14. The first-order valence-electron chi connectivity index (χ1n) is 5.57. The molecule has 0 amide bonds. The number of hydrogen-bond acceptors (Lipinski definition) is 5. The number of sulfonamides is 1. The Bertz CT molecular complexity index is 704. The van der Waals surface area contributed by atoms with Gasteiger partial charge in [0, 0.05) is 12.3 Å². The molecule has 21 heavy (non-hydrogen) atoms. The van der Waals surface area contributed by atoms with Crippen LogP contribution in [0.3, 0.4) is 0 Å². The van der Waals surface area contributed by atoms with Gasteiger partial charge in [0.1, 0.15) is 16.4 Å². The Morgan fingerprint density at radius 2 is 2.14 bits per heavy atom. The summed E-state index contributed by atoms with van der Waals surface area (Å²) in [5.41, 5.74) is -0.171. The maximum absolute atomic E-state index is 12.3. The van der Waals surface area contributed by atoms with Crippen LogP contribution in [-0.2, 0) is 10.0 Å². The van der Waals surface area contributed by atoms with Crippen molar-refractivity contribution in [2.75, 3.05) is 11.8 Å². The second-order valence-corrected chi connectivity index (χ2v) is 5.46. The van der Waals surface area contributed by atoms with Crippen molar-refractivity contribution in [1.82, 2.24) is 10.2 Å². The SMILES string of the molecule is COc1ccc(OC(F)F)c(NS(=O)(=O)c2cn[nH]c2)c1. The normalized spacial score (nSPS) is 11.4. The van der Waals surface area contributed by atoms with E-state index < -0.39 is 16.6 Å². The number of aromatic nitrogens is 2. The number of rotatable bonds is 6. The van der Waals surface area contributed by atoms with Crippen molar-refractivity contribution in [2.45, 2.75) is 11.5 Å². The fourth-order valence-corrected chi connectivity index (χ4v) is 2.47. The molecule has 0 atom stereocenters. The predicted molar refractivity (Wildman–Crippen MR) is 69.0 cm³/mol. The van der Waals surface area contributed by atoms with E-state index in [-0.39, 0.29) is 22.1 Å². The van der Waals surface area contributed by atoms with E-state index in [0.717, 1.165) is 12.4 Å². The van der Waals surface area contributed by atoms with Gasteiger partial charge in [-0.3, -0.25) is 9.82 Å². The van der Waals surface area contributed by atoms with Gasteiger partial charge in [0.25, 0.3) is 10.0 Å². The van der Waals surface area contributed by atoms with E-state index in [1.54, 1.807) is 0 Å². The molecule has 0 fully saturated rings. The third kappa shape index (κ3) is 3.60. The number of aromatic amines is 1. The molecule has 2 aromatic rings. The van der Waals surface area contributed by atoms with Crippen molar-refractivity contribution in [3.05, 3.63) is 30.6 Å². The summed E-state index contributed by atoms with van der Waals surface area (Å²) in [6, 6.07) is 3.78. The van der Waals surface area contributed by atoms with Crippen molar-refractivity contribution in [1.29, 1.82) is 0 Å². The van der Waals surface area contributed by atoms with Crippen molar-refractivity contribution >= 4 is 15.7 Å². The average molecular weight is 319 g/mol. The first-order chi connectivity index (χ1) is 9.92. The molecule has 0 radical (unpaired) electrons. The lowest BCUT2D eigenvalue weighted by Gasteiger charge is -2.13. The van der Waals surface area contributed by atoms with Crippen LogP contribution in [0.5, 0.6) is 11.5 Å². The molecule has 0 saturated heterocycles. The molecule has 1 heterocycles. The van der Waals surface area contributed by atoms with Gasteiger partial charge in [-0.25, -0.2) is 8.42 Å². The first kappa shape index (κ1) is 15.0. The first-order valence-corrected chi connectivity index (χ1v) is 7.05. The van der Waals surface area contributed by atoms with Crippen molar-refractivity contribution in [3.8, 4) is 11.5 Å². The van der Waals surface area contributed by atoms with Gasteiger partial charge in [-0.15, -0.1) is 0 Å². The van der Waals surface area contributed by atoms with E-state index in [0.29, 0.717) is 0 Å². The highest BCUT2D eigenvalue weighted by molar-refractivity contribution is 7.92. The minimum absolute atomic E-state index is 0.145. The van der Waals surface area contributed by atoms with Crippen LogP contribution in [-0.4, -0.2) is 32.3 Å². The second-order valence-electron chi connectivity index (χ2n) is 3.78. The summed E-state index contributed by atoms with van der Waals surface area (Å²) in [5.74, 6) is -0.0422. The molecule has 2 N–H and O–H groups in total. The Kier molecular flexibility index (Phi) is 4.26. The van der Waals surface area contributed by atoms with Crippen LogP contribution < -0.4 is 14.2 Å². The zero-order chi connectivity index (χ0) is 15.5. The van der Waals surface area contributed by atoms with Crippen LogP contribution in [0.15, 0.2) is 35.5 Å². The highest BCUT2D eigenvalue weighted by Crippen LogP contribution is 2.32. The van der Waals surface area contributed by atoms with E-state index in [2.05, 4.69) is 19.7 Å². The number of halogens is 2. The number of methoxy groups -OCH3 is 1. The van der Waals surface area contributed by atoms with Gasteiger partial charge >= 0.3 is 6.61 Å². The molecule has 1 aromatic heterocycles. The summed E-state index contributed by atoms with van der Waals surface area (Å²) < 4.78 is 60.1. The van der Waals surface area contributed by atoms with Crippen LogP contribution in [0.2, 0.25) is 0 Å². The van der Waals surface area contributed by atoms with Crippen LogP contribution in [0.25, 0.3) is 0 Å². The van der Waals surface area contributed by atoms with Gasteiger partial charge in [-0.1, -0.05) is 0 Å². The zero-order valence-electron chi connectivity index (χ0n) is 10.7. The van der Waals surface area contributed by atoms with Gasteiger partial charge in [0.2, 0.25) is 0 Å². The van der Waals surface area contributed by atoms with E-state index in [1.165, 1.54) is 25.3 Å². The summed E-state index contributed by atoms with van der Waals surface area (Å²) in [6.07, 6.45) is 2.23. The third-order valence-electron chi connectivity index (χ3n) is 2.43. The molecule has 1 aromatic carbocycles. The molecule has 0 saturated carbocycles. The van der Waals surface area contributed by atoms with Crippen molar-refractivity contribution in [2.24, 2.45) is 0 Å². The maximum Gasteiger partial charge on any atom is 0.387 e. The van der Waals surface area contributed by atoms with Crippen LogP contribution in [0, 0.1) is 0 Å². The molecular weight excluding hydrogens is 308 g/mol. The Hall–Kier alpha value is -2.36. The molecule has 2 rings (SSSR count). The zero-order valence-corrected chi connectivity index (χ0v) is 11.5. The summed E-state index contributed by atoms with van der Waals surface area (Å²) in [6.45, 7) is -3.09. The number of anilines is 1. The van der Waals surface area contributed by atoms with Gasteiger partial charge in [-0.2, -0.15) is 13.9 Å². The highest BCUT2D eigenvalue weighted by atomic mass is 32.2. The fourth-order valence-electron chi connectivity index (χ4n) is 1.50. The van der Waals surface area contributed by atoms with Crippen LogP contribution in [0.1, 0.15) is 0 Å². The molecule has 10 heteroatoms. The lowest BCUT2D eigenvalue weighted by atomic mass is 10.3.